The van der Waals surface area contributed by atoms with Crippen LogP contribution in [0.25, 0.3) is 0 Å². The maximum Gasteiger partial charge on any atom is 0.0707 e. The minimum absolute atomic E-state index is 0.189. The van der Waals surface area contributed by atoms with Crippen LogP contribution < -0.4 is 5.32 Å². The average molecular weight is 274 g/mol. The normalized spacial score (nSPS) is 25.8. The molecule has 0 aliphatic carbocycles. The number of hydrogen-bond acceptors (Lipinski definition) is 3. The van der Waals surface area contributed by atoms with E-state index in [1.807, 2.05) is 0 Å². The van der Waals surface area contributed by atoms with Gasteiger partial charge in [0.2, 0.25) is 0 Å². The molecule has 3 nitrogen and oxygen atoms in total. The first-order valence-corrected chi connectivity index (χ1v) is 8.01. The van der Waals surface area contributed by atoms with Crippen molar-refractivity contribution in [3.63, 3.8) is 0 Å². The minimum Gasteiger partial charge on any atom is -0.391 e. The number of nitrogens with one attached hydrogen (secondary N) is 1. The second-order valence-corrected chi connectivity index (χ2v) is 6.28. The molecule has 2 atom stereocenters. The molecule has 2 unspecified atom stereocenters. The summed E-state index contributed by atoms with van der Waals surface area (Å²) in [5.41, 5.74) is 2.92. The van der Waals surface area contributed by atoms with Crippen molar-refractivity contribution in [3.8, 4) is 0 Å². The Morgan fingerprint density at radius 1 is 1.25 bits per heavy atom. The number of aliphatic hydroxyl groups excluding tert-OH is 1. The molecule has 0 bridgehead atoms. The zero-order valence-electron chi connectivity index (χ0n) is 12.2. The SMILES string of the molecule is OC(CN1CCc2ccccc2C1)C1CCCCNC1. The van der Waals surface area contributed by atoms with Crippen LogP contribution in [0.5, 0.6) is 0 Å². The summed E-state index contributed by atoms with van der Waals surface area (Å²) in [4.78, 5) is 2.41. The van der Waals surface area contributed by atoms with Crippen molar-refractivity contribution < 1.29 is 5.11 Å². The van der Waals surface area contributed by atoms with Gasteiger partial charge in [-0.3, -0.25) is 4.90 Å². The van der Waals surface area contributed by atoms with Crippen molar-refractivity contribution in [1.82, 2.24) is 10.2 Å². The van der Waals surface area contributed by atoms with Crippen molar-refractivity contribution >= 4 is 0 Å². The van der Waals surface area contributed by atoms with Crippen molar-refractivity contribution in [1.29, 1.82) is 0 Å². The fourth-order valence-electron chi connectivity index (χ4n) is 3.50. The van der Waals surface area contributed by atoms with Crippen LogP contribution in [0.15, 0.2) is 24.3 Å². The van der Waals surface area contributed by atoms with E-state index in [-0.39, 0.29) is 6.10 Å². The number of β-amino-alcohol motifs (C(OH)–C–C–N with tert-alkyl or cyclic N) is 1. The largest absolute Gasteiger partial charge is 0.391 e. The molecule has 3 heteroatoms. The molecule has 0 radical (unpaired) electrons. The van der Waals surface area contributed by atoms with Crippen LogP contribution in [0.1, 0.15) is 30.4 Å². The summed E-state index contributed by atoms with van der Waals surface area (Å²) in [7, 11) is 0. The van der Waals surface area contributed by atoms with Crippen molar-refractivity contribution in [3.05, 3.63) is 35.4 Å². The van der Waals surface area contributed by atoms with Gasteiger partial charge in [-0.05, 0) is 42.9 Å². The van der Waals surface area contributed by atoms with Gasteiger partial charge in [-0.1, -0.05) is 30.7 Å². The summed E-state index contributed by atoms with van der Waals surface area (Å²) < 4.78 is 0. The molecule has 2 aliphatic rings. The zero-order chi connectivity index (χ0) is 13.8. The summed E-state index contributed by atoms with van der Waals surface area (Å²) in [5.74, 6) is 0.426. The van der Waals surface area contributed by atoms with E-state index in [1.165, 1.54) is 30.4 Å². The molecule has 1 aromatic rings. The highest BCUT2D eigenvalue weighted by atomic mass is 16.3. The van der Waals surface area contributed by atoms with Gasteiger partial charge in [0.25, 0.3) is 0 Å². The lowest BCUT2D eigenvalue weighted by Crippen LogP contribution is -2.41. The molecule has 2 N–H and O–H groups in total. The van der Waals surface area contributed by atoms with Crippen molar-refractivity contribution in [2.24, 2.45) is 5.92 Å². The quantitative estimate of drug-likeness (QED) is 0.882. The maximum absolute atomic E-state index is 10.5. The lowest BCUT2D eigenvalue weighted by molar-refractivity contribution is 0.0567. The highest BCUT2D eigenvalue weighted by Gasteiger charge is 2.24. The van der Waals surface area contributed by atoms with Gasteiger partial charge in [0.1, 0.15) is 0 Å². The second kappa shape index (κ2) is 6.70. The number of benzene rings is 1. The van der Waals surface area contributed by atoms with Gasteiger partial charge in [0, 0.05) is 26.2 Å². The summed E-state index contributed by atoms with van der Waals surface area (Å²) in [5, 5.41) is 14.0. The van der Waals surface area contributed by atoms with E-state index in [0.29, 0.717) is 5.92 Å². The molecule has 3 rings (SSSR count). The van der Waals surface area contributed by atoms with Crippen LogP contribution >= 0.6 is 0 Å². The smallest absolute Gasteiger partial charge is 0.0707 e. The van der Waals surface area contributed by atoms with Gasteiger partial charge in [-0.25, -0.2) is 0 Å². The van der Waals surface area contributed by atoms with E-state index in [4.69, 9.17) is 0 Å². The third kappa shape index (κ3) is 3.40. The molecule has 2 heterocycles. The minimum atomic E-state index is -0.189. The topological polar surface area (TPSA) is 35.5 Å². The van der Waals surface area contributed by atoms with Crippen LogP contribution in [-0.4, -0.2) is 42.3 Å². The molecule has 0 amide bonds. The number of aliphatic hydroxyl groups is 1. The highest BCUT2D eigenvalue weighted by Crippen LogP contribution is 2.21. The molecular formula is C17H26N2O. The molecule has 0 saturated carbocycles. The van der Waals surface area contributed by atoms with Crippen LogP contribution in [0.2, 0.25) is 0 Å². The predicted molar refractivity (Wildman–Crippen MR) is 81.6 cm³/mol. The third-order valence-corrected chi connectivity index (χ3v) is 4.78. The Kier molecular flexibility index (Phi) is 4.71. The van der Waals surface area contributed by atoms with E-state index in [2.05, 4.69) is 34.5 Å². The van der Waals surface area contributed by atoms with Gasteiger partial charge in [-0.2, -0.15) is 0 Å². The molecule has 20 heavy (non-hydrogen) atoms. The Balaban J connectivity index is 1.56. The van der Waals surface area contributed by atoms with Crippen LogP contribution in [0.4, 0.5) is 0 Å². The van der Waals surface area contributed by atoms with E-state index < -0.39 is 0 Å². The molecule has 2 aliphatic heterocycles. The standard InChI is InChI=1S/C17H26N2O/c20-17(15-6-3-4-9-18-11-15)13-19-10-8-14-5-1-2-7-16(14)12-19/h1-2,5,7,15,17-18,20H,3-4,6,8-13H2. The first-order valence-electron chi connectivity index (χ1n) is 8.01. The van der Waals surface area contributed by atoms with Crippen LogP contribution in [-0.2, 0) is 13.0 Å². The lowest BCUT2D eigenvalue weighted by Gasteiger charge is -2.32. The summed E-state index contributed by atoms with van der Waals surface area (Å²) in [6.07, 6.45) is 4.59. The zero-order valence-corrected chi connectivity index (χ0v) is 12.2. The maximum atomic E-state index is 10.5. The third-order valence-electron chi connectivity index (χ3n) is 4.78. The Morgan fingerprint density at radius 2 is 2.10 bits per heavy atom. The first-order chi connectivity index (χ1) is 9.83. The molecule has 110 valence electrons. The summed E-state index contributed by atoms with van der Waals surface area (Å²) in [6.45, 7) is 4.98. The van der Waals surface area contributed by atoms with Crippen molar-refractivity contribution in [2.75, 3.05) is 26.2 Å². The number of rotatable bonds is 3. The average Bonchev–Trinajstić information content (AvgIpc) is 2.76. The van der Waals surface area contributed by atoms with E-state index >= 15 is 0 Å². The Bertz CT molecular complexity index is 427. The van der Waals surface area contributed by atoms with Gasteiger partial charge < -0.3 is 10.4 Å². The highest BCUT2D eigenvalue weighted by molar-refractivity contribution is 5.29. The molecule has 1 aromatic carbocycles. The molecule has 0 spiro atoms. The van der Waals surface area contributed by atoms with E-state index in [0.717, 1.165) is 39.1 Å². The molecule has 1 saturated heterocycles. The Hall–Kier alpha value is -0.900. The second-order valence-electron chi connectivity index (χ2n) is 6.28. The number of fused-ring (bicyclic) bond motifs is 1. The molecular weight excluding hydrogens is 248 g/mol. The van der Waals surface area contributed by atoms with Gasteiger partial charge in [0.15, 0.2) is 0 Å². The van der Waals surface area contributed by atoms with Gasteiger partial charge in [-0.15, -0.1) is 0 Å². The first kappa shape index (κ1) is 14.1. The Morgan fingerprint density at radius 3 is 3.00 bits per heavy atom. The van der Waals surface area contributed by atoms with E-state index in [9.17, 15) is 5.11 Å². The van der Waals surface area contributed by atoms with Crippen LogP contribution in [0.3, 0.4) is 0 Å². The Labute approximate surface area is 122 Å². The molecule has 1 fully saturated rings. The van der Waals surface area contributed by atoms with Crippen molar-refractivity contribution in [2.45, 2.75) is 38.3 Å². The van der Waals surface area contributed by atoms with Crippen LogP contribution in [0, 0.1) is 5.92 Å². The summed E-state index contributed by atoms with van der Waals surface area (Å²) >= 11 is 0. The number of nitrogens with zero attached hydrogens (tertiary/aromatic N) is 1. The number of hydrogen-bond donors (Lipinski definition) is 2. The summed E-state index contributed by atoms with van der Waals surface area (Å²) in [6, 6.07) is 8.70. The lowest BCUT2D eigenvalue weighted by atomic mass is 9.95. The van der Waals surface area contributed by atoms with Gasteiger partial charge >= 0.3 is 0 Å². The van der Waals surface area contributed by atoms with E-state index in [1.54, 1.807) is 0 Å². The predicted octanol–water partition coefficient (Wildman–Crippen LogP) is 1.80. The fraction of sp³-hybridized carbons (Fsp3) is 0.647. The monoisotopic (exact) mass is 274 g/mol. The fourth-order valence-corrected chi connectivity index (χ4v) is 3.50. The van der Waals surface area contributed by atoms with Gasteiger partial charge in [0.05, 0.1) is 6.10 Å². The molecule has 0 aromatic heterocycles.